The smallest absolute Gasteiger partial charge is 0.225 e. The van der Waals surface area contributed by atoms with Crippen molar-refractivity contribution in [3.8, 4) is 5.88 Å². The number of ether oxygens (including phenoxy) is 1. The molecule has 4 heterocycles. The SMILES string of the molecule is C[C@H](Oc1ccc(Cl)cn1)[C@H]1CN(C(=O)C2CCN(c3ccccn3)CC2)C[C@@H]1c1ccc(Cl)cc1. The number of pyridine rings is 2. The van der Waals surface area contributed by atoms with Crippen LogP contribution in [0.2, 0.25) is 10.0 Å². The highest BCUT2D eigenvalue weighted by molar-refractivity contribution is 6.30. The van der Waals surface area contributed by atoms with E-state index < -0.39 is 0 Å². The largest absolute Gasteiger partial charge is 0.474 e. The molecule has 0 radical (unpaired) electrons. The maximum absolute atomic E-state index is 13.6. The molecule has 3 atom stereocenters. The zero-order valence-electron chi connectivity index (χ0n) is 20.3. The Morgan fingerprint density at radius 2 is 1.72 bits per heavy atom. The Labute approximate surface area is 222 Å². The van der Waals surface area contributed by atoms with Gasteiger partial charge in [-0.05, 0) is 55.7 Å². The van der Waals surface area contributed by atoms with Crippen molar-refractivity contribution in [2.24, 2.45) is 11.8 Å². The third kappa shape index (κ3) is 5.60. The van der Waals surface area contributed by atoms with Gasteiger partial charge in [-0.15, -0.1) is 0 Å². The molecular weight excluding hydrogens is 495 g/mol. The average molecular weight is 525 g/mol. The highest BCUT2D eigenvalue weighted by atomic mass is 35.5. The first kappa shape index (κ1) is 24.8. The Hall–Kier alpha value is -2.83. The van der Waals surface area contributed by atoms with E-state index in [1.54, 1.807) is 18.3 Å². The number of carbonyl (C=O) groups excluding carboxylic acids is 1. The van der Waals surface area contributed by atoms with Crippen LogP contribution in [0.4, 0.5) is 5.82 Å². The van der Waals surface area contributed by atoms with Crippen LogP contribution in [0.5, 0.6) is 5.88 Å². The van der Waals surface area contributed by atoms with E-state index in [4.69, 9.17) is 27.9 Å². The van der Waals surface area contributed by atoms with E-state index in [9.17, 15) is 4.79 Å². The predicted octanol–water partition coefficient (Wildman–Crippen LogP) is 5.71. The Bertz CT molecular complexity index is 1150. The molecule has 0 aliphatic carbocycles. The number of carbonyl (C=O) groups is 1. The molecule has 0 N–H and O–H groups in total. The molecule has 36 heavy (non-hydrogen) atoms. The Kier molecular flexibility index (Phi) is 7.63. The van der Waals surface area contributed by atoms with E-state index in [2.05, 4.69) is 33.9 Å². The second-order valence-electron chi connectivity index (χ2n) is 9.65. The highest BCUT2D eigenvalue weighted by Crippen LogP contribution is 2.38. The Morgan fingerprint density at radius 1 is 0.972 bits per heavy atom. The van der Waals surface area contributed by atoms with E-state index in [0.717, 1.165) is 31.7 Å². The van der Waals surface area contributed by atoms with Gasteiger partial charge in [0.1, 0.15) is 11.9 Å². The zero-order valence-corrected chi connectivity index (χ0v) is 21.8. The minimum atomic E-state index is -0.136. The molecule has 8 heteroatoms. The fraction of sp³-hybridized carbons (Fsp3) is 0.393. The minimum absolute atomic E-state index is 0.0312. The van der Waals surface area contributed by atoms with E-state index >= 15 is 0 Å². The van der Waals surface area contributed by atoms with Crippen molar-refractivity contribution in [1.82, 2.24) is 14.9 Å². The molecular formula is C28H30Cl2N4O2. The van der Waals surface area contributed by atoms with E-state index in [1.807, 2.05) is 41.4 Å². The molecule has 2 aliphatic rings. The van der Waals surface area contributed by atoms with Crippen LogP contribution in [0.1, 0.15) is 31.2 Å². The van der Waals surface area contributed by atoms with E-state index in [1.165, 1.54) is 5.56 Å². The molecule has 1 amide bonds. The Balaban J connectivity index is 1.28. The third-order valence-electron chi connectivity index (χ3n) is 7.40. The number of hydrogen-bond acceptors (Lipinski definition) is 5. The fourth-order valence-corrected chi connectivity index (χ4v) is 5.65. The van der Waals surface area contributed by atoms with Crippen LogP contribution in [0, 0.1) is 11.8 Å². The molecule has 188 valence electrons. The van der Waals surface area contributed by atoms with Gasteiger partial charge in [0.25, 0.3) is 0 Å². The molecule has 2 aromatic heterocycles. The van der Waals surface area contributed by atoms with Crippen molar-refractivity contribution >= 4 is 34.9 Å². The van der Waals surface area contributed by atoms with Crippen molar-refractivity contribution in [2.75, 3.05) is 31.1 Å². The maximum atomic E-state index is 13.6. The fourth-order valence-electron chi connectivity index (χ4n) is 5.41. The molecule has 2 saturated heterocycles. The van der Waals surface area contributed by atoms with Crippen LogP contribution < -0.4 is 9.64 Å². The number of aromatic nitrogens is 2. The number of amides is 1. The molecule has 6 nitrogen and oxygen atoms in total. The summed E-state index contributed by atoms with van der Waals surface area (Å²) in [4.78, 5) is 26.7. The quantitative estimate of drug-likeness (QED) is 0.413. The number of rotatable bonds is 6. The average Bonchev–Trinajstić information content (AvgIpc) is 3.36. The lowest BCUT2D eigenvalue weighted by molar-refractivity contribution is -0.135. The van der Waals surface area contributed by atoms with Crippen molar-refractivity contribution < 1.29 is 9.53 Å². The standard InChI is InChI=1S/C28H30Cl2N4O2/c1-19(36-27-10-9-23(30)16-32-27)24-17-34(18-25(24)20-5-7-22(29)8-6-20)28(35)21-11-14-33(15-12-21)26-4-2-3-13-31-26/h2-10,13,16,19,21,24-25H,11-12,14-15,17-18H2,1H3/t19-,24+,25+/m0/s1. The zero-order chi connectivity index (χ0) is 25.1. The highest BCUT2D eigenvalue weighted by Gasteiger charge is 2.42. The summed E-state index contributed by atoms with van der Waals surface area (Å²) in [7, 11) is 0. The van der Waals surface area contributed by atoms with Crippen LogP contribution in [0.25, 0.3) is 0 Å². The van der Waals surface area contributed by atoms with Crippen LogP contribution in [-0.4, -0.2) is 53.1 Å². The Morgan fingerprint density at radius 3 is 2.39 bits per heavy atom. The second kappa shape index (κ2) is 11.1. The first-order valence-electron chi connectivity index (χ1n) is 12.5. The lowest BCUT2D eigenvalue weighted by atomic mass is 9.86. The van der Waals surface area contributed by atoms with Gasteiger partial charge in [-0.2, -0.15) is 0 Å². The number of anilines is 1. The van der Waals surface area contributed by atoms with Crippen molar-refractivity contribution in [2.45, 2.75) is 31.8 Å². The van der Waals surface area contributed by atoms with Gasteiger partial charge in [-0.3, -0.25) is 4.79 Å². The van der Waals surface area contributed by atoms with Crippen molar-refractivity contribution in [3.63, 3.8) is 0 Å². The van der Waals surface area contributed by atoms with Gasteiger partial charge >= 0.3 is 0 Å². The summed E-state index contributed by atoms with van der Waals surface area (Å²) in [6.45, 7) is 5.07. The predicted molar refractivity (Wildman–Crippen MR) is 143 cm³/mol. The summed E-state index contributed by atoms with van der Waals surface area (Å²) in [6, 6.07) is 17.5. The summed E-state index contributed by atoms with van der Waals surface area (Å²) in [5.41, 5.74) is 1.17. The molecule has 2 fully saturated rings. The summed E-state index contributed by atoms with van der Waals surface area (Å²) >= 11 is 12.1. The monoisotopic (exact) mass is 524 g/mol. The molecule has 0 bridgehead atoms. The number of nitrogens with zero attached hydrogens (tertiary/aromatic N) is 4. The maximum Gasteiger partial charge on any atom is 0.225 e. The second-order valence-corrected chi connectivity index (χ2v) is 10.5. The van der Waals surface area contributed by atoms with E-state index in [0.29, 0.717) is 29.0 Å². The summed E-state index contributed by atoms with van der Waals surface area (Å²) in [5, 5.41) is 1.27. The number of piperidine rings is 1. The van der Waals surface area contributed by atoms with Crippen LogP contribution in [-0.2, 0) is 4.79 Å². The molecule has 1 aromatic carbocycles. The van der Waals surface area contributed by atoms with Gasteiger partial charge in [0.05, 0.1) is 5.02 Å². The molecule has 2 aliphatic heterocycles. The first-order chi connectivity index (χ1) is 17.5. The van der Waals surface area contributed by atoms with Crippen molar-refractivity contribution in [1.29, 1.82) is 0 Å². The van der Waals surface area contributed by atoms with Gasteiger partial charge < -0.3 is 14.5 Å². The van der Waals surface area contributed by atoms with Crippen molar-refractivity contribution in [3.05, 3.63) is 82.6 Å². The topological polar surface area (TPSA) is 58.6 Å². The van der Waals surface area contributed by atoms with E-state index in [-0.39, 0.29) is 29.8 Å². The van der Waals surface area contributed by atoms with Gasteiger partial charge in [0.15, 0.2) is 0 Å². The van der Waals surface area contributed by atoms with Gasteiger partial charge in [0.2, 0.25) is 11.8 Å². The molecule has 0 saturated carbocycles. The molecule has 0 spiro atoms. The van der Waals surface area contributed by atoms with Crippen LogP contribution in [0.15, 0.2) is 67.0 Å². The van der Waals surface area contributed by atoms with Gasteiger partial charge in [-0.25, -0.2) is 9.97 Å². The lowest BCUT2D eigenvalue weighted by Crippen LogP contribution is -2.42. The number of hydrogen-bond donors (Lipinski definition) is 0. The number of likely N-dealkylation sites (tertiary alicyclic amines) is 1. The number of benzene rings is 1. The minimum Gasteiger partial charge on any atom is -0.474 e. The summed E-state index contributed by atoms with van der Waals surface area (Å²) in [5.74, 6) is 2.07. The molecule has 0 unspecified atom stereocenters. The normalized spacial score (nSPS) is 21.4. The third-order valence-corrected chi connectivity index (χ3v) is 7.88. The van der Waals surface area contributed by atoms with Crippen LogP contribution >= 0.6 is 23.2 Å². The van der Waals surface area contributed by atoms with Gasteiger partial charge in [-0.1, -0.05) is 41.4 Å². The summed E-state index contributed by atoms with van der Waals surface area (Å²) < 4.78 is 6.22. The lowest BCUT2D eigenvalue weighted by Gasteiger charge is -2.34. The summed E-state index contributed by atoms with van der Waals surface area (Å²) in [6.07, 6.45) is 4.94. The first-order valence-corrected chi connectivity index (χ1v) is 13.2. The van der Waals surface area contributed by atoms with Crippen LogP contribution in [0.3, 0.4) is 0 Å². The molecule has 3 aromatic rings. The van der Waals surface area contributed by atoms with Gasteiger partial charge in [0, 0.05) is 67.4 Å². The number of halogens is 2. The molecule has 5 rings (SSSR count).